The maximum atomic E-state index is 0. The third kappa shape index (κ3) is 69700. The molecule has 195 N–H and O–H groups in total. The molecule has 0 aromatic heterocycles. The van der Waals surface area contributed by atoms with Crippen molar-refractivity contribution in [2.45, 2.75) is 0 Å². The Morgan fingerprint density at radius 3 is 0.0286 bits per heavy atom. The van der Waals surface area contributed by atoms with E-state index < -0.39 is 0 Å². The number of hydrogen-bond acceptors (Lipinski definition) is 5. The summed E-state index contributed by atoms with van der Waals surface area (Å²) in [5, 5.41) is 0. The van der Waals surface area contributed by atoms with Gasteiger partial charge in [0.25, 0.3) is 0 Å². The van der Waals surface area contributed by atoms with Crippen molar-refractivity contribution in [2.75, 3.05) is 0 Å². The van der Waals surface area contributed by atoms with E-state index in [4.69, 9.17) is 0 Å². The first-order chi connectivity index (χ1) is 0. The summed E-state index contributed by atoms with van der Waals surface area (Å²) in [7, 11) is 0. The zero-order valence-electron chi connectivity index (χ0n) is 54.7. The van der Waals surface area contributed by atoms with Crippen LogP contribution < -0.4 is 257 Å². The van der Waals surface area contributed by atoms with Crippen molar-refractivity contribution in [1.82, 2.24) is 0 Å². The molecule has 0 bridgehead atoms. The van der Waals surface area contributed by atoms with Crippen molar-refractivity contribution in [1.29, 1.82) is 0 Å². The topological polar surface area (TPSA) is 3140 Å². The van der Waals surface area contributed by atoms with Crippen molar-refractivity contribution in [3.8, 4) is 0 Å². The second-order valence-corrected chi connectivity index (χ2v) is 0. The SMILES string of the molecule is O.O.O.O.O.O.O.O.O.O.O.O.O.O.O.O.O.O.O.O.O.O.O.O.O.O.O.O.O.O.O.O.O.O.O.O.O.O.O.O.O.O.O.O.O.O.O.O.O.O.O.O.O.O.O.O.O.O.O.O.O.O.O.O.O.O.O.O.O.O.O.O.O.O.O.O.O.O.O.O.O.O.O.O.O.O.O.O.O.O.O.O.O.O.O.[K+].[K+].[K+].[K+].[K+].[OH-].[OH-].[OH-].[OH-].[OH-]. The minimum absolute atomic E-state index is 0. The molecular formula is H195K5O100. The molecule has 0 aliphatic rings. The van der Waals surface area contributed by atoms with Crippen LogP contribution in [0.1, 0.15) is 0 Å². The smallest absolute Gasteiger partial charge is 0.870 e. The summed E-state index contributed by atoms with van der Waals surface area (Å²) in [6, 6.07) is 0. The molecule has 105 heavy (non-hydrogen) atoms. The maximum Gasteiger partial charge on any atom is 1.00 e. The number of hydrogen-bond donors (Lipinski definition) is 0. The third-order valence-corrected chi connectivity index (χ3v) is 0. The van der Waals surface area contributed by atoms with Crippen LogP contribution in [0.3, 0.4) is 0 Å². The molecule has 0 saturated carbocycles. The van der Waals surface area contributed by atoms with Crippen LogP contribution in [0, 0.1) is 0 Å². The minimum atomic E-state index is 0. The predicted molar refractivity (Wildman–Crippen MR) is 353 cm³/mol. The van der Waals surface area contributed by atoms with Gasteiger partial charge in [-0.2, -0.15) is 0 Å². The zero-order valence-corrected chi connectivity index (χ0v) is 70.4. The van der Waals surface area contributed by atoms with E-state index >= 15 is 0 Å². The zero-order chi connectivity index (χ0) is 0. The monoisotopic (exact) mass is 1990 g/mol. The van der Waals surface area contributed by atoms with Crippen LogP contribution >= 0.6 is 0 Å². The first kappa shape index (κ1) is 73100. The van der Waals surface area contributed by atoms with Crippen LogP contribution in [-0.2, 0) is 0 Å². The molecule has 0 radical (unpaired) electrons. The second-order valence-electron chi connectivity index (χ2n) is 0. The molecule has 0 aliphatic heterocycles. The molecule has 0 heterocycles. The van der Waals surface area contributed by atoms with Gasteiger partial charge in [-0.25, -0.2) is 0 Å². The molecule has 0 saturated heterocycles. The Balaban J connectivity index is 0. The quantitative estimate of drug-likeness (QED) is 0.213. The second kappa shape index (κ2) is 71100. The van der Waals surface area contributed by atoms with Gasteiger partial charge in [0.1, 0.15) is 0 Å². The summed E-state index contributed by atoms with van der Waals surface area (Å²) < 4.78 is 0. The molecule has 0 aliphatic carbocycles. The maximum absolute atomic E-state index is 0. The Bertz CT molecular complexity index is 29.0. The fraction of sp³-hybridized carbons (Fsp3) is 0. The van der Waals surface area contributed by atoms with Crippen LogP contribution in [0.15, 0.2) is 0 Å². The van der Waals surface area contributed by atoms with E-state index in [0.29, 0.717) is 0 Å². The van der Waals surface area contributed by atoms with Crippen molar-refractivity contribution in [2.24, 2.45) is 0 Å². The fourth-order valence-corrected chi connectivity index (χ4v) is 0. The summed E-state index contributed by atoms with van der Waals surface area (Å²) in [6.45, 7) is 0. The van der Waals surface area contributed by atoms with E-state index in [9.17, 15) is 0 Å². The number of rotatable bonds is 0. The summed E-state index contributed by atoms with van der Waals surface area (Å²) in [6.07, 6.45) is 0. The van der Waals surface area contributed by atoms with Gasteiger partial charge in [-0.1, -0.05) is 0 Å². The van der Waals surface area contributed by atoms with Gasteiger partial charge in [0.15, 0.2) is 0 Å². The fourth-order valence-electron chi connectivity index (χ4n) is 0. The normalized spacial score (nSPS) is 0. The third-order valence-electron chi connectivity index (χ3n) is 0. The van der Waals surface area contributed by atoms with Gasteiger partial charge in [0, 0.05) is 0 Å². The molecule has 0 aromatic rings. The van der Waals surface area contributed by atoms with Crippen LogP contribution in [0.25, 0.3) is 0 Å². The Kier molecular flexibility index (Phi) is 49500000. The van der Waals surface area contributed by atoms with Gasteiger partial charge >= 0.3 is 257 Å². The average molecular weight is 1990 g/mol. The summed E-state index contributed by atoms with van der Waals surface area (Å²) >= 11 is 0. The Morgan fingerprint density at radius 1 is 0.0286 bits per heavy atom. The van der Waals surface area contributed by atoms with Gasteiger partial charge < -0.3 is 548 Å². The van der Waals surface area contributed by atoms with Gasteiger partial charge in [0.05, 0.1) is 0 Å². The first-order valence-electron chi connectivity index (χ1n) is 0. The Hall–Kier alpha value is 4.18. The van der Waals surface area contributed by atoms with Crippen LogP contribution in [0.4, 0.5) is 0 Å². The van der Waals surface area contributed by atoms with Crippen molar-refractivity contribution >= 4 is 0 Å². The average Bonchev–Trinajstić information content (AvgIpc) is 0. The molecule has 0 spiro atoms. The van der Waals surface area contributed by atoms with E-state index in [-0.39, 0.29) is 805 Å². The van der Waals surface area contributed by atoms with Crippen molar-refractivity contribution in [3.05, 3.63) is 0 Å². The minimum Gasteiger partial charge on any atom is -0.870 e. The largest absolute Gasteiger partial charge is 1.00 e. The van der Waals surface area contributed by atoms with Crippen molar-refractivity contribution < 1.29 is 805 Å². The molecule has 100 nitrogen and oxygen atoms in total. The molecule has 0 rings (SSSR count). The van der Waals surface area contributed by atoms with Gasteiger partial charge in [0.2, 0.25) is 0 Å². The van der Waals surface area contributed by atoms with Crippen LogP contribution in [-0.4, -0.2) is 548 Å². The van der Waals surface area contributed by atoms with Gasteiger partial charge in [-0.15, -0.1) is 0 Å². The standard InChI is InChI=1S/5K.100H2O/h;;;;;100*1H2/q5*+1;;;;;;;;;;;;;;;;;;;;;;;;;;;;;;;;;;;;;;;;;;;;;;;;;;;;;;;;;;;;;;;;;;;;;;;;;;;;;;;;;;;;;;;;;;;;;;;;;;;;/p-5. The van der Waals surface area contributed by atoms with E-state index in [1.807, 2.05) is 0 Å². The molecule has 0 fully saturated rings. The van der Waals surface area contributed by atoms with E-state index in [1.54, 1.807) is 0 Å². The van der Waals surface area contributed by atoms with Crippen molar-refractivity contribution in [3.63, 3.8) is 0 Å². The Morgan fingerprint density at radius 2 is 0.0286 bits per heavy atom. The Labute approximate surface area is 794 Å². The molecule has 105 heteroatoms. The summed E-state index contributed by atoms with van der Waals surface area (Å²) in [4.78, 5) is 0. The summed E-state index contributed by atoms with van der Waals surface area (Å²) in [5.74, 6) is 0. The van der Waals surface area contributed by atoms with Crippen LogP contribution in [0.2, 0.25) is 0 Å². The van der Waals surface area contributed by atoms with E-state index in [1.165, 1.54) is 0 Å². The van der Waals surface area contributed by atoms with E-state index in [0.717, 1.165) is 0 Å². The molecule has 0 aromatic carbocycles. The molecular weight excluding hydrogens is 1800 g/mol. The van der Waals surface area contributed by atoms with E-state index in [2.05, 4.69) is 0 Å². The predicted octanol–water partition coefficient (Wildman–Crippen LogP) is -94.2. The van der Waals surface area contributed by atoms with Crippen LogP contribution in [0.5, 0.6) is 0 Å². The molecule has 0 atom stereocenters. The van der Waals surface area contributed by atoms with Gasteiger partial charge in [-0.05, 0) is 0 Å². The molecule has 800 valence electrons. The molecule has 0 amide bonds. The molecule has 0 unspecified atom stereocenters. The van der Waals surface area contributed by atoms with Gasteiger partial charge in [-0.3, -0.25) is 0 Å². The first-order valence-corrected chi connectivity index (χ1v) is 0. The summed E-state index contributed by atoms with van der Waals surface area (Å²) in [5.41, 5.74) is 0.